The van der Waals surface area contributed by atoms with Crippen molar-refractivity contribution in [3.63, 3.8) is 0 Å². The van der Waals surface area contributed by atoms with E-state index in [1.807, 2.05) is 51.1 Å². The monoisotopic (exact) mass is 896 g/mol. The first-order valence-corrected chi connectivity index (χ1v) is 24.7. The minimum absolute atomic E-state index is 0.258. The van der Waals surface area contributed by atoms with Crippen LogP contribution < -0.4 is 4.74 Å². The molecule has 0 spiro atoms. The van der Waals surface area contributed by atoms with Crippen LogP contribution in [0, 0.1) is 12.3 Å². The Bertz CT molecular complexity index is 3400. The third-order valence-electron chi connectivity index (χ3n) is 14.0. The number of aryl methyl sites for hydroxylation is 1. The lowest BCUT2D eigenvalue weighted by molar-refractivity contribution is 0.224. The number of rotatable bonds is 9. The van der Waals surface area contributed by atoms with Gasteiger partial charge in [-0.3, -0.25) is 14.0 Å². The first-order valence-electron chi connectivity index (χ1n) is 25.4. The molecule has 0 radical (unpaired) electrons. The summed E-state index contributed by atoms with van der Waals surface area (Å²) < 4.78 is 37.5. The van der Waals surface area contributed by atoms with Crippen LogP contribution in [0.5, 0.6) is 11.6 Å². The summed E-state index contributed by atoms with van der Waals surface area (Å²) >= 11 is 1.66. The van der Waals surface area contributed by atoms with E-state index < -0.39 is 12.3 Å². The highest BCUT2D eigenvalue weighted by molar-refractivity contribution is 7.22. The lowest BCUT2D eigenvalue weighted by Gasteiger charge is -2.34. The van der Waals surface area contributed by atoms with E-state index in [1.54, 1.807) is 11.3 Å². The van der Waals surface area contributed by atoms with Crippen molar-refractivity contribution >= 4 is 49.5 Å². The Labute approximate surface area is 398 Å². The number of para-hydroxylation sites is 2. The number of benzene rings is 4. The molecule has 338 valence electrons. The van der Waals surface area contributed by atoms with Crippen LogP contribution in [0.3, 0.4) is 0 Å². The van der Waals surface area contributed by atoms with Crippen LogP contribution in [0.15, 0.2) is 97.2 Å². The molecule has 0 unspecified atom stereocenters. The van der Waals surface area contributed by atoms with Crippen molar-refractivity contribution in [3.8, 4) is 39.1 Å². The molecule has 10 rings (SSSR count). The average Bonchev–Trinajstić information content (AvgIpc) is 3.98. The Morgan fingerprint density at radius 1 is 0.773 bits per heavy atom. The number of hydrogen-bond donors (Lipinski definition) is 0. The summed E-state index contributed by atoms with van der Waals surface area (Å²) in [5, 5.41) is 0.938. The molecule has 9 aromatic rings. The number of hydrogen-bond acceptors (Lipinski definition) is 6. The van der Waals surface area contributed by atoms with Gasteiger partial charge in [-0.15, -0.1) is 11.3 Å². The maximum Gasteiger partial charge on any atom is 0.221 e. The highest BCUT2D eigenvalue weighted by Gasteiger charge is 2.29. The second-order valence-corrected chi connectivity index (χ2v) is 22.4. The third-order valence-corrected chi connectivity index (χ3v) is 15.1. The average molecular weight is 896 g/mol. The number of pyridine rings is 2. The summed E-state index contributed by atoms with van der Waals surface area (Å²) in [6.45, 7) is 22.2. The SMILES string of the molecule is [2H]C([2H])([2H])c1cnc(-c2cc(Oc3ccc4c(n3)n(-c3cccc(C5CCC(C)(C)CC5)c3)c3nc5ccccc5n43)cc3nc(-c4c(C(C)C)cc(C(C)C)cc4C(C)C)sc23)cc1C(C)(C)C. The van der Waals surface area contributed by atoms with Crippen LogP contribution in [-0.2, 0) is 5.41 Å². The highest BCUT2D eigenvalue weighted by atomic mass is 32.1. The van der Waals surface area contributed by atoms with Crippen molar-refractivity contribution in [2.24, 2.45) is 5.41 Å². The molecular formula is C58H64N6OS. The Morgan fingerprint density at radius 3 is 2.21 bits per heavy atom. The molecule has 5 aromatic heterocycles. The summed E-state index contributed by atoms with van der Waals surface area (Å²) in [5.74, 6) is 3.20. The minimum atomic E-state index is -2.32. The summed E-state index contributed by atoms with van der Waals surface area (Å²) in [7, 11) is 0. The molecule has 4 aromatic carbocycles. The predicted octanol–water partition coefficient (Wildman–Crippen LogP) is 16.6. The van der Waals surface area contributed by atoms with Gasteiger partial charge in [-0.25, -0.2) is 9.97 Å². The predicted molar refractivity (Wildman–Crippen MR) is 276 cm³/mol. The number of aromatic nitrogens is 6. The fourth-order valence-corrected chi connectivity index (χ4v) is 11.3. The van der Waals surface area contributed by atoms with Gasteiger partial charge in [-0.2, -0.15) is 4.98 Å². The van der Waals surface area contributed by atoms with Crippen LogP contribution >= 0.6 is 11.3 Å². The number of fused-ring (bicyclic) bond motifs is 6. The molecule has 1 aliphatic carbocycles. The Hall–Kier alpha value is -5.86. The second-order valence-electron chi connectivity index (χ2n) is 21.4. The fraction of sp³-hybridized carbons (Fsp3) is 0.379. The zero-order valence-corrected chi connectivity index (χ0v) is 41.2. The number of ether oxygens (including phenoxy) is 1. The molecule has 0 aliphatic heterocycles. The van der Waals surface area contributed by atoms with E-state index in [-0.39, 0.29) is 17.4 Å². The second kappa shape index (κ2) is 16.5. The molecule has 5 heterocycles. The van der Waals surface area contributed by atoms with Gasteiger partial charge in [0.1, 0.15) is 10.8 Å². The molecular weight excluding hydrogens is 829 g/mol. The number of nitrogens with zero attached hydrogens (tertiary/aromatic N) is 6. The van der Waals surface area contributed by atoms with E-state index in [0.29, 0.717) is 34.6 Å². The van der Waals surface area contributed by atoms with Gasteiger partial charge in [0.2, 0.25) is 11.7 Å². The lowest BCUT2D eigenvalue weighted by atomic mass is 9.71. The lowest BCUT2D eigenvalue weighted by Crippen LogP contribution is -2.20. The molecule has 0 saturated heterocycles. The van der Waals surface area contributed by atoms with Crippen molar-refractivity contribution in [2.45, 2.75) is 138 Å². The first kappa shape index (κ1) is 40.4. The van der Waals surface area contributed by atoms with Crippen molar-refractivity contribution < 1.29 is 8.85 Å². The van der Waals surface area contributed by atoms with Crippen LogP contribution in [0.1, 0.15) is 163 Å². The minimum Gasteiger partial charge on any atom is -0.439 e. The van der Waals surface area contributed by atoms with E-state index in [9.17, 15) is 0 Å². The number of imidazole rings is 2. The molecule has 1 saturated carbocycles. The van der Waals surface area contributed by atoms with Crippen LogP contribution in [0.25, 0.3) is 65.7 Å². The van der Waals surface area contributed by atoms with Crippen molar-refractivity contribution in [3.05, 3.63) is 131 Å². The molecule has 8 heteroatoms. The number of thiazole rings is 1. The molecule has 0 atom stereocenters. The molecule has 1 aliphatic rings. The van der Waals surface area contributed by atoms with Crippen LogP contribution in [-0.4, -0.2) is 28.9 Å². The van der Waals surface area contributed by atoms with Gasteiger partial charge in [-0.05, 0) is 143 Å². The molecule has 7 nitrogen and oxygen atoms in total. The molecule has 0 amide bonds. The van der Waals surface area contributed by atoms with E-state index >= 15 is 0 Å². The highest BCUT2D eigenvalue weighted by Crippen LogP contribution is 2.47. The van der Waals surface area contributed by atoms with Crippen LogP contribution in [0.2, 0.25) is 0 Å². The van der Waals surface area contributed by atoms with Gasteiger partial charge in [0.25, 0.3) is 0 Å². The van der Waals surface area contributed by atoms with Crippen molar-refractivity contribution in [1.29, 1.82) is 0 Å². The van der Waals surface area contributed by atoms with E-state index in [2.05, 4.69) is 125 Å². The molecule has 0 N–H and O–H groups in total. The zero-order chi connectivity index (χ0) is 48.9. The van der Waals surface area contributed by atoms with E-state index in [0.717, 1.165) is 60.0 Å². The van der Waals surface area contributed by atoms with E-state index in [1.165, 1.54) is 59.7 Å². The maximum absolute atomic E-state index is 8.42. The van der Waals surface area contributed by atoms with Gasteiger partial charge in [0.15, 0.2) is 5.65 Å². The molecule has 0 bridgehead atoms. The summed E-state index contributed by atoms with van der Waals surface area (Å²) in [6.07, 6.45) is 6.32. The van der Waals surface area contributed by atoms with Gasteiger partial charge < -0.3 is 4.74 Å². The molecule has 1 fully saturated rings. The fourth-order valence-electron chi connectivity index (χ4n) is 10.1. The summed E-state index contributed by atoms with van der Waals surface area (Å²) in [6, 6.07) is 31.9. The van der Waals surface area contributed by atoms with Crippen molar-refractivity contribution in [1.82, 2.24) is 28.9 Å². The van der Waals surface area contributed by atoms with Gasteiger partial charge in [-0.1, -0.05) is 113 Å². The largest absolute Gasteiger partial charge is 0.439 e. The van der Waals surface area contributed by atoms with E-state index in [4.69, 9.17) is 28.8 Å². The Kier molecular flexibility index (Phi) is 10.1. The molecule has 66 heavy (non-hydrogen) atoms. The topological polar surface area (TPSA) is 70.1 Å². The normalized spacial score (nSPS) is 15.8. The summed E-state index contributed by atoms with van der Waals surface area (Å²) in [5.41, 5.74) is 14.2. The Morgan fingerprint density at radius 2 is 1.52 bits per heavy atom. The maximum atomic E-state index is 8.42. The summed E-state index contributed by atoms with van der Waals surface area (Å²) in [4.78, 5) is 20.9. The van der Waals surface area contributed by atoms with Gasteiger partial charge in [0, 0.05) is 33.6 Å². The Balaban J connectivity index is 1.16. The third kappa shape index (κ3) is 7.89. The van der Waals surface area contributed by atoms with Gasteiger partial charge >= 0.3 is 0 Å². The zero-order valence-electron chi connectivity index (χ0n) is 43.4. The van der Waals surface area contributed by atoms with Crippen molar-refractivity contribution in [2.75, 3.05) is 0 Å². The quantitative estimate of drug-likeness (QED) is 0.144. The van der Waals surface area contributed by atoms with Gasteiger partial charge in [0.05, 0.1) is 38.1 Å². The standard InChI is InChI=1S/C58H64N6OS/c1-33(2)39-27-42(34(3)4)52(43(28-39)35(5)6)55-60-48-30-41(29-44(53(48)66-55)47-31-45(57(8,9)10)36(7)32-59-47)65-51-21-20-50-54(62-51)63(56-61-46-18-13-14-19-49(46)64(50)56)40-17-15-16-38(26-40)37-22-24-58(11,12)25-23-37/h13-21,26-35,37H,22-25H2,1-12H3/i7D3. The van der Waals surface area contributed by atoms with Crippen LogP contribution in [0.4, 0.5) is 0 Å². The first-order chi connectivity index (χ1) is 32.6. The smallest absolute Gasteiger partial charge is 0.221 e.